The minimum Gasteiger partial charge on any atom is -0.465 e. The summed E-state index contributed by atoms with van der Waals surface area (Å²) in [5.74, 6) is -0.0811. The number of nitrogens with zero attached hydrogens (tertiary/aromatic N) is 2. The molecule has 4 heteroatoms. The van der Waals surface area contributed by atoms with Crippen LogP contribution >= 0.6 is 0 Å². The van der Waals surface area contributed by atoms with E-state index >= 15 is 0 Å². The van der Waals surface area contributed by atoms with Crippen LogP contribution in [0.25, 0.3) is 0 Å². The van der Waals surface area contributed by atoms with Crippen LogP contribution in [0, 0.1) is 5.41 Å². The lowest BCUT2D eigenvalue weighted by Gasteiger charge is -2.28. The number of carbonyl (C=O) groups excluding carboxylic acids is 1. The lowest BCUT2D eigenvalue weighted by Crippen LogP contribution is -2.41. The zero-order chi connectivity index (χ0) is 18.7. The van der Waals surface area contributed by atoms with Crippen LogP contribution in [0.5, 0.6) is 0 Å². The van der Waals surface area contributed by atoms with E-state index in [9.17, 15) is 4.79 Å². The average molecular weight is 362 g/mol. The van der Waals surface area contributed by atoms with Crippen molar-refractivity contribution in [3.63, 3.8) is 0 Å². The highest BCUT2D eigenvalue weighted by Crippen LogP contribution is 2.43. The van der Waals surface area contributed by atoms with E-state index in [-0.39, 0.29) is 5.97 Å². The molecule has 0 N–H and O–H groups in total. The van der Waals surface area contributed by atoms with Crippen LogP contribution in [0.4, 0.5) is 0 Å². The van der Waals surface area contributed by atoms with Crippen LogP contribution in [0.2, 0.25) is 0 Å². The minimum absolute atomic E-state index is 0.0811. The SMILES string of the molecule is CCOC(=O)C12CN(Cc3ccccc3)C=C1CN(Cc1ccccc1)C2. The Morgan fingerprint density at radius 3 is 2.22 bits per heavy atom. The van der Waals surface area contributed by atoms with Gasteiger partial charge in [0.15, 0.2) is 0 Å². The summed E-state index contributed by atoms with van der Waals surface area (Å²) in [6.07, 6.45) is 2.19. The molecule has 2 aliphatic rings. The molecule has 1 fully saturated rings. The van der Waals surface area contributed by atoms with Crippen molar-refractivity contribution in [1.82, 2.24) is 9.80 Å². The fraction of sp³-hybridized carbons (Fsp3) is 0.348. The molecule has 2 heterocycles. The van der Waals surface area contributed by atoms with Crippen molar-refractivity contribution in [3.8, 4) is 0 Å². The summed E-state index contributed by atoms with van der Waals surface area (Å²) in [6, 6.07) is 20.8. The number of hydrogen-bond donors (Lipinski definition) is 0. The monoisotopic (exact) mass is 362 g/mol. The summed E-state index contributed by atoms with van der Waals surface area (Å²) in [6.45, 7) is 6.22. The van der Waals surface area contributed by atoms with Crippen LogP contribution in [0.3, 0.4) is 0 Å². The largest absolute Gasteiger partial charge is 0.465 e. The summed E-state index contributed by atoms with van der Waals surface area (Å²) >= 11 is 0. The highest BCUT2D eigenvalue weighted by atomic mass is 16.5. The Balaban J connectivity index is 1.53. The lowest BCUT2D eigenvalue weighted by molar-refractivity contribution is -0.152. The second kappa shape index (κ2) is 7.57. The van der Waals surface area contributed by atoms with E-state index in [0.29, 0.717) is 13.2 Å². The number of ether oxygens (including phenoxy) is 1. The summed E-state index contributed by atoms with van der Waals surface area (Å²) in [5.41, 5.74) is 3.19. The fourth-order valence-electron chi connectivity index (χ4n) is 4.26. The van der Waals surface area contributed by atoms with E-state index < -0.39 is 5.41 Å². The van der Waals surface area contributed by atoms with Gasteiger partial charge in [0.25, 0.3) is 0 Å². The summed E-state index contributed by atoms with van der Waals surface area (Å²) in [7, 11) is 0. The molecule has 2 aromatic carbocycles. The molecule has 2 aromatic rings. The third-order valence-electron chi connectivity index (χ3n) is 5.46. The molecule has 0 aliphatic carbocycles. The van der Waals surface area contributed by atoms with E-state index in [1.165, 1.54) is 16.7 Å². The Kier molecular flexibility index (Phi) is 4.99. The van der Waals surface area contributed by atoms with E-state index in [1.807, 2.05) is 19.1 Å². The van der Waals surface area contributed by atoms with Crippen molar-refractivity contribution in [2.45, 2.75) is 20.0 Å². The highest BCUT2D eigenvalue weighted by Gasteiger charge is 2.53. The normalized spacial score (nSPS) is 21.8. The molecular formula is C23H26N2O2. The maximum Gasteiger partial charge on any atom is 0.319 e. The number of fused-ring (bicyclic) bond motifs is 1. The van der Waals surface area contributed by atoms with Gasteiger partial charge in [-0.25, -0.2) is 0 Å². The summed E-state index contributed by atoms with van der Waals surface area (Å²) < 4.78 is 5.49. The molecule has 4 nitrogen and oxygen atoms in total. The zero-order valence-corrected chi connectivity index (χ0v) is 15.8. The molecular weight excluding hydrogens is 336 g/mol. The van der Waals surface area contributed by atoms with Crippen LogP contribution in [0.15, 0.2) is 72.4 Å². The van der Waals surface area contributed by atoms with E-state index in [1.54, 1.807) is 0 Å². The summed E-state index contributed by atoms with van der Waals surface area (Å²) in [4.78, 5) is 17.6. The smallest absolute Gasteiger partial charge is 0.319 e. The molecule has 0 saturated carbocycles. The first-order valence-electron chi connectivity index (χ1n) is 9.62. The van der Waals surface area contributed by atoms with E-state index in [0.717, 1.165) is 26.2 Å². The molecule has 0 bridgehead atoms. The highest BCUT2D eigenvalue weighted by molar-refractivity contribution is 5.83. The Hall–Kier alpha value is -2.59. The molecule has 0 aromatic heterocycles. The first kappa shape index (κ1) is 17.8. The third kappa shape index (κ3) is 3.62. The van der Waals surface area contributed by atoms with Crippen molar-refractivity contribution in [3.05, 3.63) is 83.6 Å². The van der Waals surface area contributed by atoms with Gasteiger partial charge in [0.05, 0.1) is 6.61 Å². The Labute approximate surface area is 161 Å². The van der Waals surface area contributed by atoms with Gasteiger partial charge in [0.2, 0.25) is 0 Å². The second-order valence-corrected chi connectivity index (χ2v) is 7.48. The molecule has 27 heavy (non-hydrogen) atoms. The molecule has 1 unspecified atom stereocenters. The maximum absolute atomic E-state index is 12.9. The van der Waals surface area contributed by atoms with Crippen molar-refractivity contribution in [1.29, 1.82) is 0 Å². The maximum atomic E-state index is 12.9. The topological polar surface area (TPSA) is 32.8 Å². The predicted octanol–water partition coefficient (Wildman–Crippen LogP) is 3.45. The van der Waals surface area contributed by atoms with E-state index in [4.69, 9.17) is 4.74 Å². The van der Waals surface area contributed by atoms with Gasteiger partial charge in [-0.2, -0.15) is 0 Å². The first-order valence-corrected chi connectivity index (χ1v) is 9.62. The van der Waals surface area contributed by atoms with Crippen molar-refractivity contribution < 1.29 is 9.53 Å². The number of esters is 1. The zero-order valence-electron chi connectivity index (χ0n) is 15.8. The van der Waals surface area contributed by atoms with Crippen LogP contribution in [0.1, 0.15) is 18.1 Å². The Morgan fingerprint density at radius 1 is 0.963 bits per heavy atom. The summed E-state index contributed by atoms with van der Waals surface area (Å²) in [5, 5.41) is 0. The fourth-order valence-corrected chi connectivity index (χ4v) is 4.26. The standard InChI is InChI=1S/C23H26N2O2/c1-2-27-22(26)23-17-24(13-19-9-5-3-6-10-19)15-21(23)16-25(18-23)14-20-11-7-4-8-12-20/h3-12,15H,2,13-14,16-18H2,1H3. The van der Waals surface area contributed by atoms with Crippen LogP contribution < -0.4 is 0 Å². The first-order chi connectivity index (χ1) is 13.2. The molecule has 0 radical (unpaired) electrons. The quantitative estimate of drug-likeness (QED) is 0.737. The molecule has 1 atom stereocenters. The van der Waals surface area contributed by atoms with Gasteiger partial charge in [-0.05, 0) is 23.6 Å². The molecule has 4 rings (SSSR count). The van der Waals surface area contributed by atoms with Gasteiger partial charge < -0.3 is 9.64 Å². The molecule has 0 spiro atoms. The Bertz CT molecular complexity index is 819. The van der Waals surface area contributed by atoms with Crippen LogP contribution in [-0.2, 0) is 22.6 Å². The average Bonchev–Trinajstić information content (AvgIpc) is 3.18. The van der Waals surface area contributed by atoms with Gasteiger partial charge in [-0.3, -0.25) is 9.69 Å². The van der Waals surface area contributed by atoms with Gasteiger partial charge in [-0.1, -0.05) is 60.7 Å². The van der Waals surface area contributed by atoms with Gasteiger partial charge in [0, 0.05) is 38.9 Å². The van der Waals surface area contributed by atoms with Crippen molar-refractivity contribution >= 4 is 5.97 Å². The van der Waals surface area contributed by atoms with Gasteiger partial charge in [0.1, 0.15) is 5.41 Å². The number of benzene rings is 2. The van der Waals surface area contributed by atoms with Crippen LogP contribution in [-0.4, -0.2) is 42.0 Å². The number of likely N-dealkylation sites (tertiary alicyclic amines) is 1. The minimum atomic E-state index is -0.528. The van der Waals surface area contributed by atoms with E-state index in [2.05, 4.69) is 64.5 Å². The molecule has 2 aliphatic heterocycles. The second-order valence-electron chi connectivity index (χ2n) is 7.48. The number of rotatable bonds is 6. The predicted molar refractivity (Wildman–Crippen MR) is 106 cm³/mol. The number of carbonyl (C=O) groups is 1. The van der Waals surface area contributed by atoms with Gasteiger partial charge >= 0.3 is 5.97 Å². The number of hydrogen-bond acceptors (Lipinski definition) is 4. The molecule has 0 amide bonds. The van der Waals surface area contributed by atoms with Crippen molar-refractivity contribution in [2.24, 2.45) is 5.41 Å². The van der Waals surface area contributed by atoms with Crippen molar-refractivity contribution in [2.75, 3.05) is 26.2 Å². The lowest BCUT2D eigenvalue weighted by atomic mass is 9.85. The molecule has 1 saturated heterocycles. The van der Waals surface area contributed by atoms with Gasteiger partial charge in [-0.15, -0.1) is 0 Å². The molecule has 140 valence electrons. The Morgan fingerprint density at radius 2 is 1.59 bits per heavy atom. The third-order valence-corrected chi connectivity index (χ3v) is 5.46.